The van der Waals surface area contributed by atoms with Gasteiger partial charge in [0.05, 0.1) is 5.69 Å². The lowest BCUT2D eigenvalue weighted by Crippen LogP contribution is -2.20. The maximum atomic E-state index is 11.1. The van der Waals surface area contributed by atoms with E-state index in [9.17, 15) is 4.79 Å². The Bertz CT molecular complexity index is 592. The lowest BCUT2D eigenvalue weighted by Gasteiger charge is -2.17. The highest BCUT2D eigenvalue weighted by molar-refractivity contribution is 5.62. The topological polar surface area (TPSA) is 60.7 Å². The zero-order valence-electron chi connectivity index (χ0n) is 11.1. The van der Waals surface area contributed by atoms with Crippen molar-refractivity contribution in [3.05, 3.63) is 40.7 Å². The molecule has 4 nitrogen and oxygen atoms in total. The first-order chi connectivity index (χ1) is 9.26. The molecule has 0 radical (unpaired) electrons. The van der Waals surface area contributed by atoms with Gasteiger partial charge in [-0.25, -0.2) is 0 Å². The Morgan fingerprint density at radius 2 is 2.00 bits per heavy atom. The number of hydrogen-bond donors (Lipinski definition) is 3. The third-order valence-corrected chi connectivity index (χ3v) is 3.77. The maximum absolute atomic E-state index is 11.1. The summed E-state index contributed by atoms with van der Waals surface area (Å²) in [6.07, 6.45) is 3.87. The summed E-state index contributed by atoms with van der Waals surface area (Å²) < 4.78 is 0. The smallest absolute Gasteiger partial charge is 0.264 e. The third-order valence-electron chi connectivity index (χ3n) is 3.77. The van der Waals surface area contributed by atoms with E-state index in [4.69, 9.17) is 0 Å². The van der Waals surface area contributed by atoms with Gasteiger partial charge in [0.1, 0.15) is 0 Å². The number of rotatable bonds is 5. The fourth-order valence-electron chi connectivity index (χ4n) is 2.50. The number of anilines is 1. The number of benzene rings is 1. The molecule has 0 amide bonds. The van der Waals surface area contributed by atoms with Gasteiger partial charge in [0.2, 0.25) is 0 Å². The molecule has 2 aromatic rings. The van der Waals surface area contributed by atoms with Crippen LogP contribution in [-0.2, 0) is 0 Å². The van der Waals surface area contributed by atoms with E-state index in [0.29, 0.717) is 6.04 Å². The third kappa shape index (κ3) is 2.72. The SMILES string of the molecule is CCC(Nc1ccc(-c2cc(=O)[nH][nH]2)cc1)C1CC1. The van der Waals surface area contributed by atoms with Crippen LogP contribution in [0.3, 0.4) is 0 Å². The highest BCUT2D eigenvalue weighted by Crippen LogP contribution is 2.35. The molecule has 0 bridgehead atoms. The minimum atomic E-state index is -0.100. The zero-order chi connectivity index (χ0) is 13.2. The van der Waals surface area contributed by atoms with Gasteiger partial charge in [0, 0.05) is 17.8 Å². The van der Waals surface area contributed by atoms with Gasteiger partial charge in [-0.1, -0.05) is 19.1 Å². The summed E-state index contributed by atoms with van der Waals surface area (Å²) in [5.41, 5.74) is 2.89. The van der Waals surface area contributed by atoms with Crippen molar-refractivity contribution >= 4 is 5.69 Å². The standard InChI is InChI=1S/C15H19N3O/c1-2-13(10-3-4-10)16-12-7-5-11(6-8-12)14-9-15(19)18-17-14/h5-10,13,16H,2-4H2,1H3,(H2,17,18,19). The number of aromatic nitrogens is 2. The number of aromatic amines is 2. The van der Waals surface area contributed by atoms with Crippen LogP contribution in [0.1, 0.15) is 26.2 Å². The fourth-order valence-corrected chi connectivity index (χ4v) is 2.50. The van der Waals surface area contributed by atoms with Crippen LogP contribution in [0.4, 0.5) is 5.69 Å². The van der Waals surface area contributed by atoms with Gasteiger partial charge < -0.3 is 5.32 Å². The van der Waals surface area contributed by atoms with Crippen LogP contribution >= 0.6 is 0 Å². The number of H-pyrrole nitrogens is 2. The van der Waals surface area contributed by atoms with Gasteiger partial charge in [-0.15, -0.1) is 0 Å². The van der Waals surface area contributed by atoms with Gasteiger partial charge in [0.25, 0.3) is 5.56 Å². The molecular formula is C15H19N3O. The molecule has 3 N–H and O–H groups in total. The maximum Gasteiger partial charge on any atom is 0.264 e. The van der Waals surface area contributed by atoms with Crippen LogP contribution in [-0.4, -0.2) is 16.2 Å². The van der Waals surface area contributed by atoms with Crippen molar-refractivity contribution < 1.29 is 0 Å². The fraction of sp³-hybridized carbons (Fsp3) is 0.400. The van der Waals surface area contributed by atoms with Gasteiger partial charge in [-0.05, 0) is 42.9 Å². The van der Waals surface area contributed by atoms with E-state index in [0.717, 1.165) is 29.3 Å². The normalized spacial score (nSPS) is 16.3. The quantitative estimate of drug-likeness (QED) is 0.771. The van der Waals surface area contributed by atoms with Crippen LogP contribution in [0, 0.1) is 5.92 Å². The van der Waals surface area contributed by atoms with E-state index >= 15 is 0 Å². The molecule has 1 aromatic carbocycles. The lowest BCUT2D eigenvalue weighted by atomic mass is 10.1. The summed E-state index contributed by atoms with van der Waals surface area (Å²) in [5.74, 6) is 0.853. The molecule has 0 spiro atoms. The minimum Gasteiger partial charge on any atom is -0.382 e. The molecule has 1 aliphatic carbocycles. The van der Waals surface area contributed by atoms with Crippen LogP contribution < -0.4 is 10.9 Å². The second kappa shape index (κ2) is 4.96. The van der Waals surface area contributed by atoms with Crippen molar-refractivity contribution in [2.24, 2.45) is 5.92 Å². The van der Waals surface area contributed by atoms with E-state index in [1.807, 2.05) is 12.1 Å². The number of nitrogens with one attached hydrogen (secondary N) is 3. The van der Waals surface area contributed by atoms with Crippen molar-refractivity contribution in [3.8, 4) is 11.3 Å². The summed E-state index contributed by atoms with van der Waals surface area (Å²) in [6.45, 7) is 2.23. The molecule has 1 heterocycles. The van der Waals surface area contributed by atoms with E-state index < -0.39 is 0 Å². The van der Waals surface area contributed by atoms with Crippen LogP contribution in [0.25, 0.3) is 11.3 Å². The Hall–Kier alpha value is -1.97. The highest BCUT2D eigenvalue weighted by Gasteiger charge is 2.29. The van der Waals surface area contributed by atoms with Crippen LogP contribution in [0.15, 0.2) is 35.1 Å². The molecule has 0 aliphatic heterocycles. The molecule has 1 fully saturated rings. The Morgan fingerprint density at radius 3 is 2.53 bits per heavy atom. The molecule has 100 valence electrons. The molecule has 19 heavy (non-hydrogen) atoms. The van der Waals surface area contributed by atoms with Crippen LogP contribution in [0.2, 0.25) is 0 Å². The molecule has 3 rings (SSSR count). The molecule has 1 saturated carbocycles. The van der Waals surface area contributed by atoms with Crippen molar-refractivity contribution in [3.63, 3.8) is 0 Å². The van der Waals surface area contributed by atoms with E-state index in [1.54, 1.807) is 6.07 Å². The van der Waals surface area contributed by atoms with E-state index in [-0.39, 0.29) is 5.56 Å². The summed E-state index contributed by atoms with van der Waals surface area (Å²) in [7, 11) is 0. The average molecular weight is 257 g/mol. The average Bonchev–Trinajstić information content (AvgIpc) is 3.18. The molecule has 0 saturated heterocycles. The van der Waals surface area contributed by atoms with E-state index in [1.165, 1.54) is 12.8 Å². The molecular weight excluding hydrogens is 238 g/mol. The zero-order valence-corrected chi connectivity index (χ0v) is 11.1. The van der Waals surface area contributed by atoms with Gasteiger partial charge in [-0.2, -0.15) is 0 Å². The minimum absolute atomic E-state index is 0.100. The van der Waals surface area contributed by atoms with Crippen LogP contribution in [0.5, 0.6) is 0 Å². The van der Waals surface area contributed by atoms with Crippen molar-refractivity contribution in [1.29, 1.82) is 0 Å². The molecule has 1 atom stereocenters. The largest absolute Gasteiger partial charge is 0.382 e. The molecule has 4 heteroatoms. The summed E-state index contributed by atoms with van der Waals surface area (Å²) >= 11 is 0. The van der Waals surface area contributed by atoms with Gasteiger partial charge in [0.15, 0.2) is 0 Å². The van der Waals surface area contributed by atoms with E-state index in [2.05, 4.69) is 34.6 Å². The Morgan fingerprint density at radius 1 is 1.26 bits per heavy atom. The second-order valence-electron chi connectivity index (χ2n) is 5.25. The van der Waals surface area contributed by atoms with Gasteiger partial charge >= 0.3 is 0 Å². The van der Waals surface area contributed by atoms with Crippen molar-refractivity contribution in [2.45, 2.75) is 32.2 Å². The Kier molecular flexibility index (Phi) is 3.15. The van der Waals surface area contributed by atoms with Crippen molar-refractivity contribution in [2.75, 3.05) is 5.32 Å². The molecule has 1 unspecified atom stereocenters. The van der Waals surface area contributed by atoms with Gasteiger partial charge in [-0.3, -0.25) is 15.0 Å². The number of hydrogen-bond acceptors (Lipinski definition) is 2. The monoisotopic (exact) mass is 257 g/mol. The lowest BCUT2D eigenvalue weighted by molar-refractivity contribution is 0.616. The molecule has 1 aromatic heterocycles. The first-order valence-electron chi connectivity index (χ1n) is 6.91. The Balaban J connectivity index is 1.73. The predicted molar refractivity (Wildman–Crippen MR) is 77.3 cm³/mol. The summed E-state index contributed by atoms with van der Waals surface area (Å²) in [5, 5.41) is 9.01. The summed E-state index contributed by atoms with van der Waals surface area (Å²) in [4.78, 5) is 11.1. The second-order valence-corrected chi connectivity index (χ2v) is 5.25. The molecule has 1 aliphatic rings. The predicted octanol–water partition coefficient (Wildman–Crippen LogP) is 2.97. The first-order valence-corrected chi connectivity index (χ1v) is 6.91. The summed E-state index contributed by atoms with van der Waals surface area (Å²) in [6, 6.07) is 10.4. The van der Waals surface area contributed by atoms with Crippen molar-refractivity contribution in [1.82, 2.24) is 10.2 Å². The first kappa shape index (κ1) is 12.1. The highest BCUT2D eigenvalue weighted by atomic mass is 16.1. The Labute approximate surface area is 112 Å².